The Kier molecular flexibility index (Phi) is 6.63. The quantitative estimate of drug-likeness (QED) is 0.817. The van der Waals surface area contributed by atoms with Gasteiger partial charge in [0.2, 0.25) is 11.8 Å². The molecule has 0 saturated carbocycles. The molecule has 25 heavy (non-hydrogen) atoms. The molecular formula is C21H32N2O2. The summed E-state index contributed by atoms with van der Waals surface area (Å²) in [5, 5.41) is 0. The number of nitrogens with zero attached hydrogens (tertiary/aromatic N) is 2. The van der Waals surface area contributed by atoms with Crippen molar-refractivity contribution in [3.8, 4) is 0 Å². The lowest BCUT2D eigenvalue weighted by Gasteiger charge is -2.37. The van der Waals surface area contributed by atoms with Gasteiger partial charge in [-0.3, -0.25) is 9.59 Å². The van der Waals surface area contributed by atoms with Gasteiger partial charge in [-0.2, -0.15) is 0 Å². The van der Waals surface area contributed by atoms with Crippen LogP contribution in [-0.2, 0) is 16.1 Å². The summed E-state index contributed by atoms with van der Waals surface area (Å²) in [6.45, 7) is 10.8. The first-order chi connectivity index (χ1) is 11.8. The molecule has 4 heteroatoms. The number of benzene rings is 1. The van der Waals surface area contributed by atoms with E-state index in [9.17, 15) is 9.59 Å². The van der Waals surface area contributed by atoms with E-state index in [0.29, 0.717) is 19.6 Å². The lowest BCUT2D eigenvalue weighted by molar-refractivity contribution is -0.145. The molecule has 4 nitrogen and oxygen atoms in total. The van der Waals surface area contributed by atoms with Crippen LogP contribution in [0.4, 0.5) is 0 Å². The lowest BCUT2D eigenvalue weighted by atomic mass is 9.90. The second-order valence-corrected chi connectivity index (χ2v) is 8.06. The van der Waals surface area contributed by atoms with Crippen LogP contribution < -0.4 is 0 Å². The Balaban J connectivity index is 1.96. The van der Waals surface area contributed by atoms with Crippen molar-refractivity contribution in [1.82, 2.24) is 9.80 Å². The topological polar surface area (TPSA) is 40.6 Å². The zero-order valence-electron chi connectivity index (χ0n) is 16.1. The molecule has 1 heterocycles. The van der Waals surface area contributed by atoms with Crippen LogP contribution in [0.15, 0.2) is 30.3 Å². The molecule has 0 radical (unpaired) electrons. The van der Waals surface area contributed by atoms with Gasteiger partial charge >= 0.3 is 0 Å². The molecule has 1 aromatic rings. The molecule has 2 rings (SSSR count). The highest BCUT2D eigenvalue weighted by Gasteiger charge is 2.33. The molecule has 0 spiro atoms. The van der Waals surface area contributed by atoms with Gasteiger partial charge in [0.25, 0.3) is 0 Å². The first kappa shape index (κ1) is 19.5. The van der Waals surface area contributed by atoms with E-state index in [1.807, 2.05) is 48.8 Å². The van der Waals surface area contributed by atoms with E-state index in [2.05, 4.69) is 19.1 Å². The molecule has 1 aromatic carbocycles. The van der Waals surface area contributed by atoms with Crippen LogP contribution in [0.3, 0.4) is 0 Å². The van der Waals surface area contributed by atoms with E-state index in [-0.39, 0.29) is 23.1 Å². The SMILES string of the molecule is CCCN(Cc1ccccc1)C(=O)C1CCN(C(=O)C(C)(C)C)CC1. The number of carbonyl (C=O) groups excluding carboxylic acids is 2. The van der Waals surface area contributed by atoms with Crippen molar-refractivity contribution in [3.63, 3.8) is 0 Å². The van der Waals surface area contributed by atoms with Crippen LogP contribution in [0.5, 0.6) is 0 Å². The number of rotatable bonds is 5. The Bertz CT molecular complexity index is 569. The van der Waals surface area contributed by atoms with Gasteiger partial charge in [-0.05, 0) is 24.8 Å². The van der Waals surface area contributed by atoms with E-state index in [1.165, 1.54) is 5.56 Å². The summed E-state index contributed by atoms with van der Waals surface area (Å²) in [6, 6.07) is 10.2. The number of hydrogen-bond acceptors (Lipinski definition) is 2. The average molecular weight is 344 g/mol. The Morgan fingerprint density at radius 1 is 1.12 bits per heavy atom. The van der Waals surface area contributed by atoms with E-state index in [0.717, 1.165) is 25.8 Å². The molecule has 0 aliphatic carbocycles. The maximum absolute atomic E-state index is 13.0. The minimum atomic E-state index is -0.349. The highest BCUT2D eigenvalue weighted by Crippen LogP contribution is 2.25. The third kappa shape index (κ3) is 5.32. The summed E-state index contributed by atoms with van der Waals surface area (Å²) in [5.74, 6) is 0.473. The summed E-state index contributed by atoms with van der Waals surface area (Å²) < 4.78 is 0. The fourth-order valence-electron chi connectivity index (χ4n) is 3.40. The van der Waals surface area contributed by atoms with Gasteiger partial charge in [-0.25, -0.2) is 0 Å². The number of piperidine rings is 1. The molecule has 2 amide bonds. The summed E-state index contributed by atoms with van der Waals surface area (Å²) in [7, 11) is 0. The highest BCUT2D eigenvalue weighted by molar-refractivity contribution is 5.82. The number of hydrogen-bond donors (Lipinski definition) is 0. The maximum Gasteiger partial charge on any atom is 0.227 e. The van der Waals surface area contributed by atoms with Gasteiger partial charge in [0.05, 0.1) is 0 Å². The van der Waals surface area contributed by atoms with E-state index < -0.39 is 0 Å². The van der Waals surface area contributed by atoms with Crippen molar-refractivity contribution in [3.05, 3.63) is 35.9 Å². The summed E-state index contributed by atoms with van der Waals surface area (Å²) in [5.41, 5.74) is 0.822. The van der Waals surface area contributed by atoms with Crippen LogP contribution in [0.25, 0.3) is 0 Å². The molecule has 0 N–H and O–H groups in total. The predicted molar refractivity (Wildman–Crippen MR) is 101 cm³/mol. The van der Waals surface area contributed by atoms with Crippen molar-refractivity contribution in [1.29, 1.82) is 0 Å². The molecule has 1 aliphatic rings. The Morgan fingerprint density at radius 3 is 2.24 bits per heavy atom. The number of amides is 2. The standard InChI is InChI=1S/C21H32N2O2/c1-5-13-23(16-17-9-7-6-8-10-17)19(24)18-11-14-22(15-12-18)20(25)21(2,3)4/h6-10,18H,5,11-16H2,1-4H3. The monoisotopic (exact) mass is 344 g/mol. The molecule has 0 unspecified atom stereocenters. The lowest BCUT2D eigenvalue weighted by Crippen LogP contribution is -2.47. The third-order valence-corrected chi connectivity index (χ3v) is 4.79. The normalized spacial score (nSPS) is 15.9. The van der Waals surface area contributed by atoms with Gasteiger partial charge < -0.3 is 9.80 Å². The molecule has 0 aromatic heterocycles. The zero-order chi connectivity index (χ0) is 18.4. The molecule has 1 aliphatic heterocycles. The smallest absolute Gasteiger partial charge is 0.227 e. The van der Waals surface area contributed by atoms with Crippen molar-refractivity contribution >= 4 is 11.8 Å². The largest absolute Gasteiger partial charge is 0.342 e. The van der Waals surface area contributed by atoms with Crippen molar-refractivity contribution < 1.29 is 9.59 Å². The van der Waals surface area contributed by atoms with Crippen LogP contribution in [-0.4, -0.2) is 41.2 Å². The Morgan fingerprint density at radius 2 is 1.72 bits per heavy atom. The number of carbonyl (C=O) groups is 2. The van der Waals surface area contributed by atoms with Gasteiger partial charge in [-0.15, -0.1) is 0 Å². The second kappa shape index (κ2) is 8.50. The second-order valence-electron chi connectivity index (χ2n) is 8.06. The highest BCUT2D eigenvalue weighted by atomic mass is 16.2. The Hall–Kier alpha value is -1.84. The zero-order valence-corrected chi connectivity index (χ0v) is 16.1. The Labute approximate surface area is 152 Å². The molecule has 1 fully saturated rings. The van der Waals surface area contributed by atoms with Crippen LogP contribution in [0.2, 0.25) is 0 Å². The first-order valence-electron chi connectivity index (χ1n) is 9.45. The van der Waals surface area contributed by atoms with E-state index in [4.69, 9.17) is 0 Å². The number of likely N-dealkylation sites (tertiary alicyclic amines) is 1. The molecule has 138 valence electrons. The van der Waals surface area contributed by atoms with Crippen LogP contribution in [0.1, 0.15) is 52.5 Å². The van der Waals surface area contributed by atoms with Crippen molar-refractivity contribution in [2.24, 2.45) is 11.3 Å². The molecule has 0 atom stereocenters. The van der Waals surface area contributed by atoms with Crippen molar-refractivity contribution in [2.75, 3.05) is 19.6 Å². The summed E-state index contributed by atoms with van der Waals surface area (Å²) in [4.78, 5) is 29.3. The van der Waals surface area contributed by atoms with Gasteiger partial charge in [0.15, 0.2) is 0 Å². The minimum Gasteiger partial charge on any atom is -0.342 e. The maximum atomic E-state index is 13.0. The fourth-order valence-corrected chi connectivity index (χ4v) is 3.40. The summed E-state index contributed by atoms with van der Waals surface area (Å²) >= 11 is 0. The molecular weight excluding hydrogens is 312 g/mol. The van der Waals surface area contributed by atoms with Gasteiger partial charge in [0, 0.05) is 37.5 Å². The average Bonchev–Trinajstić information content (AvgIpc) is 2.60. The van der Waals surface area contributed by atoms with Gasteiger partial charge in [0.1, 0.15) is 0 Å². The van der Waals surface area contributed by atoms with E-state index in [1.54, 1.807) is 0 Å². The fraction of sp³-hybridized carbons (Fsp3) is 0.619. The third-order valence-electron chi connectivity index (χ3n) is 4.79. The van der Waals surface area contributed by atoms with Crippen molar-refractivity contribution in [2.45, 2.75) is 53.5 Å². The van der Waals surface area contributed by atoms with Crippen LogP contribution >= 0.6 is 0 Å². The van der Waals surface area contributed by atoms with E-state index >= 15 is 0 Å². The summed E-state index contributed by atoms with van der Waals surface area (Å²) in [6.07, 6.45) is 2.51. The molecule has 0 bridgehead atoms. The minimum absolute atomic E-state index is 0.0410. The molecule has 1 saturated heterocycles. The van der Waals surface area contributed by atoms with Crippen LogP contribution in [0, 0.1) is 11.3 Å². The predicted octanol–water partition coefficient (Wildman–Crippen LogP) is 3.71. The first-order valence-corrected chi connectivity index (χ1v) is 9.45. The van der Waals surface area contributed by atoms with Gasteiger partial charge in [-0.1, -0.05) is 58.0 Å².